The molecule has 0 saturated carbocycles. The number of aliphatic hydroxyl groups excluding tert-OH is 1. The van der Waals surface area contributed by atoms with Crippen LogP contribution in [0.2, 0.25) is 0 Å². The van der Waals surface area contributed by atoms with Gasteiger partial charge in [-0.2, -0.15) is 0 Å². The minimum Gasteiger partial charge on any atom is -0.391 e. The molecule has 1 heterocycles. The summed E-state index contributed by atoms with van der Waals surface area (Å²) in [5, 5.41) is 9.33. The summed E-state index contributed by atoms with van der Waals surface area (Å²) < 4.78 is 13.8. The van der Waals surface area contributed by atoms with Gasteiger partial charge in [0.25, 0.3) is 0 Å². The SMILES string of the molecule is O=C1CC(O)CN1c1cc(F)ccc1I. The van der Waals surface area contributed by atoms with Crippen molar-refractivity contribution >= 4 is 34.2 Å². The Labute approximate surface area is 100 Å². The number of carbonyl (C=O) groups is 1. The molecular weight excluding hydrogens is 312 g/mol. The Morgan fingerprint density at radius 3 is 2.87 bits per heavy atom. The molecule has 0 radical (unpaired) electrons. The summed E-state index contributed by atoms with van der Waals surface area (Å²) >= 11 is 2.04. The van der Waals surface area contributed by atoms with E-state index in [9.17, 15) is 14.3 Å². The van der Waals surface area contributed by atoms with Crippen molar-refractivity contribution in [2.24, 2.45) is 0 Å². The summed E-state index contributed by atoms with van der Waals surface area (Å²) in [6.07, 6.45) is -0.524. The van der Waals surface area contributed by atoms with Crippen LogP contribution in [0, 0.1) is 9.39 Å². The highest BCUT2D eigenvalue weighted by Crippen LogP contribution is 2.27. The largest absolute Gasteiger partial charge is 0.391 e. The third-order valence-electron chi connectivity index (χ3n) is 2.30. The molecule has 1 N–H and O–H groups in total. The Kier molecular flexibility index (Phi) is 2.92. The number of amides is 1. The Morgan fingerprint density at radius 1 is 1.53 bits per heavy atom. The third kappa shape index (κ3) is 2.12. The molecule has 15 heavy (non-hydrogen) atoms. The van der Waals surface area contributed by atoms with E-state index in [0.717, 1.165) is 3.57 Å². The lowest BCUT2D eigenvalue weighted by molar-refractivity contribution is -0.117. The topological polar surface area (TPSA) is 40.5 Å². The minimum atomic E-state index is -0.642. The van der Waals surface area contributed by atoms with E-state index in [2.05, 4.69) is 0 Å². The maximum absolute atomic E-state index is 13.0. The predicted molar refractivity (Wildman–Crippen MR) is 62.1 cm³/mol. The standard InChI is InChI=1S/C10H9FINO2/c11-6-1-2-8(12)9(3-6)13-5-7(14)4-10(13)15/h1-3,7,14H,4-5H2. The van der Waals surface area contributed by atoms with Gasteiger partial charge in [0.1, 0.15) is 5.82 Å². The number of halogens is 2. The summed E-state index contributed by atoms with van der Waals surface area (Å²) in [7, 11) is 0. The van der Waals surface area contributed by atoms with Gasteiger partial charge < -0.3 is 10.0 Å². The van der Waals surface area contributed by atoms with Crippen LogP contribution in [0.3, 0.4) is 0 Å². The van der Waals surface area contributed by atoms with Crippen molar-refractivity contribution in [2.75, 3.05) is 11.4 Å². The van der Waals surface area contributed by atoms with E-state index >= 15 is 0 Å². The first-order valence-corrected chi connectivity index (χ1v) is 5.59. The molecule has 0 aliphatic carbocycles. The maximum Gasteiger partial charge on any atom is 0.229 e. The fourth-order valence-corrected chi connectivity index (χ4v) is 2.24. The van der Waals surface area contributed by atoms with Gasteiger partial charge in [0.15, 0.2) is 0 Å². The number of benzene rings is 1. The quantitative estimate of drug-likeness (QED) is 0.797. The molecule has 1 unspecified atom stereocenters. The lowest BCUT2D eigenvalue weighted by Gasteiger charge is -2.17. The first-order valence-electron chi connectivity index (χ1n) is 4.51. The second-order valence-corrected chi connectivity index (χ2v) is 4.62. The lowest BCUT2D eigenvalue weighted by Crippen LogP contribution is -2.26. The first-order chi connectivity index (χ1) is 7.08. The van der Waals surface area contributed by atoms with E-state index in [-0.39, 0.29) is 24.7 Å². The van der Waals surface area contributed by atoms with Gasteiger partial charge in [-0.05, 0) is 40.8 Å². The third-order valence-corrected chi connectivity index (χ3v) is 3.22. The van der Waals surface area contributed by atoms with Gasteiger partial charge in [0.05, 0.1) is 24.8 Å². The minimum absolute atomic E-state index is 0.118. The van der Waals surface area contributed by atoms with Gasteiger partial charge in [0.2, 0.25) is 5.91 Å². The number of carbonyl (C=O) groups excluding carboxylic acids is 1. The average Bonchev–Trinajstić information content (AvgIpc) is 2.50. The van der Waals surface area contributed by atoms with Crippen LogP contribution in [0.4, 0.5) is 10.1 Å². The fourth-order valence-electron chi connectivity index (χ4n) is 1.61. The Morgan fingerprint density at radius 2 is 2.27 bits per heavy atom. The van der Waals surface area contributed by atoms with Gasteiger partial charge in [-0.15, -0.1) is 0 Å². The summed E-state index contributed by atoms with van der Waals surface area (Å²) in [4.78, 5) is 12.9. The number of hydrogen-bond donors (Lipinski definition) is 1. The van der Waals surface area contributed by atoms with E-state index in [0.29, 0.717) is 5.69 Å². The van der Waals surface area contributed by atoms with Crippen LogP contribution < -0.4 is 4.90 Å². The monoisotopic (exact) mass is 321 g/mol. The molecule has 5 heteroatoms. The molecular formula is C10H9FINO2. The molecule has 1 saturated heterocycles. The Bertz CT molecular complexity index is 410. The van der Waals surface area contributed by atoms with Gasteiger partial charge in [-0.1, -0.05) is 0 Å². The predicted octanol–water partition coefficient (Wildman–Crippen LogP) is 1.53. The average molecular weight is 321 g/mol. The summed E-state index contributed by atoms with van der Waals surface area (Å²) in [6.45, 7) is 0.248. The van der Waals surface area contributed by atoms with Crippen LogP contribution in [0.5, 0.6) is 0 Å². The molecule has 3 nitrogen and oxygen atoms in total. The second-order valence-electron chi connectivity index (χ2n) is 3.46. The van der Waals surface area contributed by atoms with Crippen molar-refractivity contribution in [3.63, 3.8) is 0 Å². The highest BCUT2D eigenvalue weighted by molar-refractivity contribution is 14.1. The number of aliphatic hydroxyl groups is 1. The van der Waals surface area contributed by atoms with E-state index in [4.69, 9.17) is 0 Å². The van der Waals surface area contributed by atoms with Crippen molar-refractivity contribution in [1.82, 2.24) is 0 Å². The first kappa shape index (κ1) is 10.8. The molecule has 1 aromatic carbocycles. The van der Waals surface area contributed by atoms with Gasteiger partial charge in [0, 0.05) is 3.57 Å². The summed E-state index contributed by atoms with van der Waals surface area (Å²) in [5.41, 5.74) is 0.539. The maximum atomic E-state index is 13.0. The van der Waals surface area contributed by atoms with Crippen LogP contribution >= 0.6 is 22.6 Å². The molecule has 2 rings (SSSR count). The van der Waals surface area contributed by atoms with Gasteiger partial charge in [-0.3, -0.25) is 4.79 Å². The van der Waals surface area contributed by atoms with E-state index in [1.54, 1.807) is 6.07 Å². The number of β-amino-alcohol motifs (C(OH)–C–C–N with tert-alkyl or cyclic N) is 1. The van der Waals surface area contributed by atoms with Crippen molar-refractivity contribution < 1.29 is 14.3 Å². The van der Waals surface area contributed by atoms with Crippen LogP contribution in [0.15, 0.2) is 18.2 Å². The van der Waals surface area contributed by atoms with Gasteiger partial charge in [-0.25, -0.2) is 4.39 Å². The highest BCUT2D eigenvalue weighted by Gasteiger charge is 2.30. The molecule has 0 aromatic heterocycles. The number of nitrogens with zero attached hydrogens (tertiary/aromatic N) is 1. The zero-order chi connectivity index (χ0) is 11.0. The molecule has 1 aliphatic rings. The molecule has 1 atom stereocenters. The van der Waals surface area contributed by atoms with Crippen molar-refractivity contribution in [3.05, 3.63) is 27.6 Å². The lowest BCUT2D eigenvalue weighted by atomic mass is 10.3. The molecule has 1 aromatic rings. The van der Waals surface area contributed by atoms with Crippen molar-refractivity contribution in [2.45, 2.75) is 12.5 Å². The molecule has 0 bridgehead atoms. The fraction of sp³-hybridized carbons (Fsp3) is 0.300. The van der Waals surface area contributed by atoms with Crippen molar-refractivity contribution in [1.29, 1.82) is 0 Å². The van der Waals surface area contributed by atoms with Crippen LogP contribution in [-0.2, 0) is 4.79 Å². The van der Waals surface area contributed by atoms with Crippen LogP contribution in [0.1, 0.15) is 6.42 Å². The Hall–Kier alpha value is -0.690. The molecule has 80 valence electrons. The van der Waals surface area contributed by atoms with Gasteiger partial charge >= 0.3 is 0 Å². The highest BCUT2D eigenvalue weighted by atomic mass is 127. The van der Waals surface area contributed by atoms with E-state index < -0.39 is 6.10 Å². The molecule has 1 fully saturated rings. The van der Waals surface area contributed by atoms with E-state index in [1.807, 2.05) is 22.6 Å². The molecule has 1 amide bonds. The Balaban J connectivity index is 2.37. The second kappa shape index (κ2) is 4.05. The van der Waals surface area contributed by atoms with Crippen molar-refractivity contribution in [3.8, 4) is 0 Å². The van der Waals surface area contributed by atoms with E-state index in [1.165, 1.54) is 17.0 Å². The van der Waals surface area contributed by atoms with Crippen LogP contribution in [-0.4, -0.2) is 23.7 Å². The summed E-state index contributed by atoms with van der Waals surface area (Å²) in [6, 6.07) is 4.28. The number of anilines is 1. The van der Waals surface area contributed by atoms with Crippen LogP contribution in [0.25, 0.3) is 0 Å². The zero-order valence-corrected chi connectivity index (χ0v) is 9.94. The zero-order valence-electron chi connectivity index (χ0n) is 7.78. The summed E-state index contributed by atoms with van der Waals surface area (Å²) in [5.74, 6) is -0.536. The normalized spacial score (nSPS) is 21.1. The number of rotatable bonds is 1. The number of hydrogen-bond acceptors (Lipinski definition) is 2. The molecule has 0 spiro atoms. The smallest absolute Gasteiger partial charge is 0.229 e. The molecule has 1 aliphatic heterocycles.